The lowest BCUT2D eigenvalue weighted by Crippen LogP contribution is -2.44. The Morgan fingerprint density at radius 3 is 2.38 bits per heavy atom. The maximum Gasteiger partial charge on any atom is 0.331 e. The summed E-state index contributed by atoms with van der Waals surface area (Å²) >= 11 is 0. The van der Waals surface area contributed by atoms with E-state index in [1.165, 1.54) is 0 Å². The molecule has 1 fully saturated rings. The van der Waals surface area contributed by atoms with Crippen molar-refractivity contribution in [2.24, 2.45) is 0 Å². The number of rotatable bonds is 2. The molecule has 90 valence electrons. The maximum atomic E-state index is 11.5. The van der Waals surface area contributed by atoms with Crippen LogP contribution in [0.3, 0.4) is 0 Å². The Balaban J connectivity index is 2.65. The average Bonchev–Trinajstić information content (AvgIpc) is 2.44. The molecule has 1 aliphatic heterocycles. The Labute approximate surface area is 93.0 Å². The average molecular weight is 229 g/mol. The molecule has 0 aromatic carbocycles. The molecule has 2 unspecified atom stereocenters. The number of carboxylic acids is 1. The molecule has 0 aromatic rings. The second-order valence-corrected chi connectivity index (χ2v) is 4.69. The van der Waals surface area contributed by atoms with Crippen molar-refractivity contribution >= 4 is 17.7 Å². The first-order chi connectivity index (χ1) is 7.20. The Hall–Kier alpha value is -1.43. The molecule has 2 N–H and O–H groups in total. The fraction of sp³-hybridized carbons (Fsp3) is 0.700. The number of nitrogens with one attached hydrogen (secondary N) is 1. The summed E-state index contributed by atoms with van der Waals surface area (Å²) in [5, 5.41) is 11.1. The molecule has 1 rings (SSSR count). The van der Waals surface area contributed by atoms with Gasteiger partial charge in [0.1, 0.15) is 11.6 Å². The largest absolute Gasteiger partial charge is 0.480 e. The lowest BCUT2D eigenvalue weighted by Gasteiger charge is -2.21. The Morgan fingerprint density at radius 1 is 1.44 bits per heavy atom. The second kappa shape index (κ2) is 4.21. The molecule has 0 aromatic heterocycles. The van der Waals surface area contributed by atoms with Gasteiger partial charge in [0, 0.05) is 6.42 Å². The van der Waals surface area contributed by atoms with Crippen molar-refractivity contribution in [2.75, 3.05) is 0 Å². The van der Waals surface area contributed by atoms with Crippen LogP contribution in [0.4, 0.5) is 0 Å². The van der Waals surface area contributed by atoms with Crippen molar-refractivity contribution in [3.63, 3.8) is 0 Å². The zero-order valence-corrected chi connectivity index (χ0v) is 9.44. The highest BCUT2D eigenvalue weighted by molar-refractivity contribution is 6.07. The van der Waals surface area contributed by atoms with E-state index in [-0.39, 0.29) is 6.42 Å². The summed E-state index contributed by atoms with van der Waals surface area (Å²) in [5.41, 5.74) is -0.694. The van der Waals surface area contributed by atoms with Crippen LogP contribution in [-0.4, -0.2) is 40.5 Å². The van der Waals surface area contributed by atoms with Gasteiger partial charge in [-0.25, -0.2) is 4.79 Å². The predicted molar refractivity (Wildman–Crippen MR) is 53.8 cm³/mol. The minimum Gasteiger partial charge on any atom is -0.480 e. The van der Waals surface area contributed by atoms with Crippen molar-refractivity contribution in [1.29, 1.82) is 0 Å². The van der Waals surface area contributed by atoms with E-state index in [0.29, 0.717) is 0 Å². The van der Waals surface area contributed by atoms with E-state index in [0.717, 1.165) is 0 Å². The number of ketones is 1. The van der Waals surface area contributed by atoms with Crippen LogP contribution in [-0.2, 0) is 19.1 Å². The third-order valence-corrected chi connectivity index (χ3v) is 2.04. The summed E-state index contributed by atoms with van der Waals surface area (Å²) in [7, 11) is 0. The number of esters is 1. The minimum absolute atomic E-state index is 0.181. The van der Waals surface area contributed by atoms with Crippen LogP contribution in [0.2, 0.25) is 0 Å². The van der Waals surface area contributed by atoms with Gasteiger partial charge in [-0.3, -0.25) is 14.9 Å². The molecule has 6 nitrogen and oxygen atoms in total. The number of Topliss-reactive ketones (excluding diaryl/α,β-unsaturated/α-hetero) is 1. The molecule has 6 heteroatoms. The molecule has 1 saturated heterocycles. The quantitative estimate of drug-likeness (QED) is 0.499. The number of carbonyl (C=O) groups is 3. The van der Waals surface area contributed by atoms with Crippen LogP contribution in [0.5, 0.6) is 0 Å². The number of hydrogen-bond donors (Lipinski definition) is 2. The Kier molecular flexibility index (Phi) is 3.32. The van der Waals surface area contributed by atoms with Crippen molar-refractivity contribution in [3.8, 4) is 0 Å². The monoisotopic (exact) mass is 229 g/mol. The van der Waals surface area contributed by atoms with Crippen molar-refractivity contribution < 1.29 is 24.2 Å². The van der Waals surface area contributed by atoms with Gasteiger partial charge in [-0.15, -0.1) is 0 Å². The van der Waals surface area contributed by atoms with Gasteiger partial charge in [-0.05, 0) is 20.8 Å². The fourth-order valence-corrected chi connectivity index (χ4v) is 1.39. The smallest absolute Gasteiger partial charge is 0.331 e. The van der Waals surface area contributed by atoms with E-state index in [1.807, 2.05) is 0 Å². The highest BCUT2D eigenvalue weighted by Gasteiger charge is 2.41. The lowest BCUT2D eigenvalue weighted by atomic mass is 10.1. The molecule has 2 atom stereocenters. The van der Waals surface area contributed by atoms with Crippen LogP contribution in [0.15, 0.2) is 0 Å². The summed E-state index contributed by atoms with van der Waals surface area (Å²) in [6.07, 6.45) is -0.181. The first-order valence-electron chi connectivity index (χ1n) is 4.95. The lowest BCUT2D eigenvalue weighted by molar-refractivity contribution is -0.158. The topological polar surface area (TPSA) is 92.7 Å². The van der Waals surface area contributed by atoms with Crippen LogP contribution in [0.25, 0.3) is 0 Å². The number of aliphatic carboxylic acids is 1. The fourth-order valence-electron chi connectivity index (χ4n) is 1.39. The zero-order chi connectivity index (χ0) is 12.5. The SMILES string of the molecule is CC(C)(C)OC(=O)C1NC(C(=O)O)CC1=O. The molecule has 0 aliphatic carbocycles. The summed E-state index contributed by atoms with van der Waals surface area (Å²) in [6, 6.07) is -2.15. The van der Waals surface area contributed by atoms with Crippen LogP contribution in [0, 0.1) is 0 Å². The number of ether oxygens (including phenoxy) is 1. The standard InChI is InChI=1S/C10H15NO5/c1-10(2,3)16-9(15)7-6(12)4-5(11-7)8(13)14/h5,7,11H,4H2,1-3H3,(H,13,14). The van der Waals surface area contributed by atoms with E-state index in [1.54, 1.807) is 20.8 Å². The molecular weight excluding hydrogens is 214 g/mol. The molecule has 16 heavy (non-hydrogen) atoms. The third-order valence-electron chi connectivity index (χ3n) is 2.04. The first-order valence-corrected chi connectivity index (χ1v) is 4.95. The summed E-state index contributed by atoms with van der Waals surface area (Å²) in [6.45, 7) is 5.04. The molecule has 0 bridgehead atoms. The van der Waals surface area contributed by atoms with Gasteiger partial charge in [0.25, 0.3) is 0 Å². The van der Waals surface area contributed by atoms with Crippen LogP contribution in [0.1, 0.15) is 27.2 Å². The highest BCUT2D eigenvalue weighted by Crippen LogP contribution is 2.14. The Bertz CT molecular complexity index is 331. The normalized spacial score (nSPS) is 25.6. The van der Waals surface area contributed by atoms with E-state index in [2.05, 4.69) is 5.32 Å². The third kappa shape index (κ3) is 3.03. The number of carbonyl (C=O) groups excluding carboxylic acids is 2. The van der Waals surface area contributed by atoms with Gasteiger partial charge in [0.05, 0.1) is 0 Å². The maximum absolute atomic E-state index is 11.5. The number of carboxylic acid groups (broad SMARTS) is 1. The van der Waals surface area contributed by atoms with E-state index >= 15 is 0 Å². The molecule has 0 amide bonds. The predicted octanol–water partition coefficient (Wildman–Crippen LogP) is -0.288. The van der Waals surface area contributed by atoms with Crippen molar-refractivity contribution in [2.45, 2.75) is 44.9 Å². The van der Waals surface area contributed by atoms with Gasteiger partial charge in [-0.1, -0.05) is 0 Å². The molecule has 1 heterocycles. The molecule has 1 aliphatic rings. The van der Waals surface area contributed by atoms with E-state index in [9.17, 15) is 14.4 Å². The van der Waals surface area contributed by atoms with E-state index < -0.39 is 35.4 Å². The molecule has 0 spiro atoms. The summed E-state index contributed by atoms with van der Waals surface area (Å²) in [5.74, 6) is -2.30. The van der Waals surface area contributed by atoms with Gasteiger partial charge >= 0.3 is 11.9 Å². The second-order valence-electron chi connectivity index (χ2n) is 4.69. The van der Waals surface area contributed by atoms with Gasteiger partial charge in [-0.2, -0.15) is 0 Å². The number of hydrogen-bond acceptors (Lipinski definition) is 5. The molecule has 0 saturated carbocycles. The highest BCUT2D eigenvalue weighted by atomic mass is 16.6. The van der Waals surface area contributed by atoms with Gasteiger partial charge in [0.15, 0.2) is 11.8 Å². The molecular formula is C10H15NO5. The van der Waals surface area contributed by atoms with E-state index in [4.69, 9.17) is 9.84 Å². The molecule has 0 radical (unpaired) electrons. The zero-order valence-electron chi connectivity index (χ0n) is 9.44. The first kappa shape index (κ1) is 12.6. The minimum atomic E-state index is -1.15. The van der Waals surface area contributed by atoms with Gasteiger partial charge in [0.2, 0.25) is 0 Å². The van der Waals surface area contributed by atoms with Crippen LogP contribution < -0.4 is 5.32 Å². The summed E-state index contributed by atoms with van der Waals surface area (Å²) in [4.78, 5) is 33.6. The van der Waals surface area contributed by atoms with Crippen LogP contribution >= 0.6 is 0 Å². The Morgan fingerprint density at radius 2 is 2.00 bits per heavy atom. The summed E-state index contributed by atoms with van der Waals surface area (Å²) < 4.78 is 5.00. The van der Waals surface area contributed by atoms with Crippen molar-refractivity contribution in [1.82, 2.24) is 5.32 Å². The van der Waals surface area contributed by atoms with Gasteiger partial charge < -0.3 is 9.84 Å². The van der Waals surface area contributed by atoms with Crippen molar-refractivity contribution in [3.05, 3.63) is 0 Å².